The van der Waals surface area contributed by atoms with Crippen LogP contribution in [0.3, 0.4) is 0 Å². The Morgan fingerprint density at radius 3 is 2.11 bits per heavy atom. The topological polar surface area (TPSA) is 72.9 Å². The molecule has 0 heterocycles. The van der Waals surface area contributed by atoms with Crippen molar-refractivity contribution in [1.29, 1.82) is 0 Å². The Morgan fingerprint density at radius 2 is 1.55 bits per heavy atom. The number of aryl methyl sites for hydroxylation is 1. The Kier molecular flexibility index (Phi) is 9.20. The standard InChI is InChI=1S/C28H24F3NO5S/c1-21-15-17-24(18-16-21)38(34,35)32(26(28(29,30)31)20-27(33)36-2)25(22-10-5-3-6-11-22)14-9-19-37-23-12-7-4-8-13-23/h3-8,10-13,15-18,20,25H,19H2,1-2H3/b26-20+. The number of nitrogens with zero attached hydrogens (tertiary/aromatic N) is 1. The molecule has 38 heavy (non-hydrogen) atoms. The average molecular weight is 544 g/mol. The van der Waals surface area contributed by atoms with Gasteiger partial charge in [0.2, 0.25) is 0 Å². The van der Waals surface area contributed by atoms with Gasteiger partial charge in [0.05, 0.1) is 18.1 Å². The number of hydrogen-bond donors (Lipinski definition) is 0. The lowest BCUT2D eigenvalue weighted by Gasteiger charge is -2.32. The van der Waals surface area contributed by atoms with E-state index >= 15 is 0 Å². The van der Waals surface area contributed by atoms with Gasteiger partial charge in [0, 0.05) is 0 Å². The highest BCUT2D eigenvalue weighted by Crippen LogP contribution is 2.39. The summed E-state index contributed by atoms with van der Waals surface area (Å²) in [5.41, 5.74) is -0.901. The highest BCUT2D eigenvalue weighted by atomic mass is 32.2. The van der Waals surface area contributed by atoms with E-state index in [9.17, 15) is 26.4 Å². The molecule has 0 aliphatic heterocycles. The summed E-state index contributed by atoms with van der Waals surface area (Å²) in [5.74, 6) is 4.34. The van der Waals surface area contributed by atoms with Crippen LogP contribution in [-0.2, 0) is 19.6 Å². The van der Waals surface area contributed by atoms with E-state index in [1.807, 2.05) is 0 Å². The number of carbonyl (C=O) groups excluding carboxylic acids is 1. The monoisotopic (exact) mass is 543 g/mol. The number of benzene rings is 3. The maximum absolute atomic E-state index is 14.4. The van der Waals surface area contributed by atoms with Crippen LogP contribution < -0.4 is 4.74 Å². The summed E-state index contributed by atoms with van der Waals surface area (Å²) in [4.78, 5) is 11.6. The lowest BCUT2D eigenvalue weighted by Crippen LogP contribution is -2.40. The number of ether oxygens (including phenoxy) is 2. The Labute approximate surface area is 219 Å². The lowest BCUT2D eigenvalue weighted by molar-refractivity contribution is -0.136. The number of allylic oxidation sites excluding steroid dienone is 1. The molecular weight excluding hydrogens is 519 g/mol. The predicted molar refractivity (Wildman–Crippen MR) is 135 cm³/mol. The Morgan fingerprint density at radius 1 is 0.974 bits per heavy atom. The molecule has 10 heteroatoms. The molecule has 0 radical (unpaired) electrons. The largest absolute Gasteiger partial charge is 0.481 e. The molecule has 0 aliphatic carbocycles. The van der Waals surface area contributed by atoms with Gasteiger partial charge < -0.3 is 9.47 Å². The van der Waals surface area contributed by atoms with Crippen LogP contribution in [0.5, 0.6) is 5.75 Å². The summed E-state index contributed by atoms with van der Waals surface area (Å²) in [6.07, 6.45) is -5.16. The van der Waals surface area contributed by atoms with Crippen LogP contribution in [0, 0.1) is 18.8 Å². The molecule has 198 valence electrons. The first kappa shape index (κ1) is 28.3. The predicted octanol–water partition coefficient (Wildman–Crippen LogP) is 5.43. The van der Waals surface area contributed by atoms with Crippen LogP contribution in [0.25, 0.3) is 0 Å². The number of rotatable bonds is 8. The summed E-state index contributed by atoms with van der Waals surface area (Å²) in [7, 11) is -4.01. The second-order valence-corrected chi connectivity index (χ2v) is 9.72. The minimum atomic E-state index is -5.26. The summed E-state index contributed by atoms with van der Waals surface area (Å²) >= 11 is 0. The van der Waals surface area contributed by atoms with E-state index < -0.39 is 38.8 Å². The first-order valence-electron chi connectivity index (χ1n) is 11.2. The molecule has 0 N–H and O–H groups in total. The molecule has 6 nitrogen and oxygen atoms in total. The summed E-state index contributed by atoms with van der Waals surface area (Å²) in [5, 5.41) is 0. The zero-order valence-electron chi connectivity index (χ0n) is 20.5. The fourth-order valence-corrected chi connectivity index (χ4v) is 4.93. The maximum Gasteiger partial charge on any atom is 0.432 e. The quantitative estimate of drug-likeness (QED) is 0.215. The Balaban J connectivity index is 2.22. The van der Waals surface area contributed by atoms with Gasteiger partial charge in [-0.1, -0.05) is 78.1 Å². The van der Waals surface area contributed by atoms with Gasteiger partial charge in [0.25, 0.3) is 10.0 Å². The molecule has 0 saturated carbocycles. The number of methoxy groups -OCH3 is 1. The zero-order chi connectivity index (χ0) is 27.8. The average Bonchev–Trinajstić information content (AvgIpc) is 2.90. The minimum absolute atomic E-state index is 0.101. The molecule has 0 bridgehead atoms. The van der Waals surface area contributed by atoms with Crippen molar-refractivity contribution in [2.75, 3.05) is 13.7 Å². The van der Waals surface area contributed by atoms with Crippen LogP contribution in [-0.4, -0.2) is 38.6 Å². The summed E-state index contributed by atoms with van der Waals surface area (Å²) in [6.45, 7) is 1.48. The van der Waals surface area contributed by atoms with Crippen LogP contribution in [0.15, 0.2) is 102 Å². The summed E-state index contributed by atoms with van der Waals surface area (Å²) < 4.78 is 80.9. The van der Waals surface area contributed by atoms with Gasteiger partial charge in [0.1, 0.15) is 24.1 Å². The van der Waals surface area contributed by atoms with E-state index in [2.05, 4.69) is 16.6 Å². The van der Waals surface area contributed by atoms with Gasteiger partial charge in [-0.25, -0.2) is 17.5 Å². The van der Waals surface area contributed by atoms with Crippen molar-refractivity contribution >= 4 is 16.0 Å². The van der Waals surface area contributed by atoms with E-state index in [1.165, 1.54) is 36.4 Å². The first-order chi connectivity index (χ1) is 18.0. The molecule has 0 aliphatic rings. The fourth-order valence-electron chi connectivity index (χ4n) is 3.36. The molecule has 3 aromatic rings. The highest BCUT2D eigenvalue weighted by molar-refractivity contribution is 7.89. The van der Waals surface area contributed by atoms with Crippen molar-refractivity contribution in [2.24, 2.45) is 0 Å². The second-order valence-electron chi connectivity index (χ2n) is 7.90. The molecule has 0 amide bonds. The van der Waals surface area contributed by atoms with E-state index in [-0.39, 0.29) is 22.6 Å². The highest BCUT2D eigenvalue weighted by Gasteiger charge is 2.46. The van der Waals surface area contributed by atoms with Gasteiger partial charge in [-0.3, -0.25) is 0 Å². The third-order valence-electron chi connectivity index (χ3n) is 5.20. The Hall–Kier alpha value is -4.23. The SMILES string of the molecule is COC(=O)/C=C(/N(C(C#CCOc1ccccc1)c1ccccc1)S(=O)(=O)c1ccc(C)cc1)C(F)(F)F. The summed E-state index contributed by atoms with van der Waals surface area (Å²) in [6, 6.07) is 19.8. The third kappa shape index (κ3) is 7.17. The van der Waals surface area contributed by atoms with Gasteiger partial charge in [-0.15, -0.1) is 0 Å². The zero-order valence-corrected chi connectivity index (χ0v) is 21.3. The van der Waals surface area contributed by atoms with Crippen LogP contribution in [0.4, 0.5) is 13.2 Å². The number of esters is 1. The third-order valence-corrected chi connectivity index (χ3v) is 7.00. The number of hydrogen-bond acceptors (Lipinski definition) is 5. The molecule has 3 aromatic carbocycles. The number of halogens is 3. The van der Waals surface area contributed by atoms with E-state index in [0.717, 1.165) is 7.11 Å². The second kappa shape index (κ2) is 12.3. The maximum atomic E-state index is 14.4. The Bertz CT molecular complexity index is 1430. The number of alkyl halides is 3. The molecule has 1 atom stereocenters. The molecule has 0 fully saturated rings. The molecule has 0 spiro atoms. The minimum Gasteiger partial charge on any atom is -0.481 e. The van der Waals surface area contributed by atoms with Crippen molar-refractivity contribution in [3.63, 3.8) is 0 Å². The van der Waals surface area contributed by atoms with Crippen molar-refractivity contribution in [2.45, 2.75) is 24.0 Å². The number of carbonyl (C=O) groups is 1. The van der Waals surface area contributed by atoms with Crippen LogP contribution in [0.2, 0.25) is 0 Å². The number of para-hydroxylation sites is 1. The lowest BCUT2D eigenvalue weighted by atomic mass is 10.1. The van der Waals surface area contributed by atoms with Gasteiger partial charge in [-0.2, -0.15) is 13.2 Å². The molecular formula is C28H24F3NO5S. The van der Waals surface area contributed by atoms with Crippen LogP contribution in [0.1, 0.15) is 17.2 Å². The van der Waals surface area contributed by atoms with Crippen molar-refractivity contribution in [3.8, 4) is 17.6 Å². The van der Waals surface area contributed by atoms with Crippen molar-refractivity contribution in [3.05, 3.63) is 108 Å². The van der Waals surface area contributed by atoms with E-state index in [0.29, 0.717) is 11.3 Å². The molecule has 0 aromatic heterocycles. The van der Waals surface area contributed by atoms with E-state index in [4.69, 9.17) is 4.74 Å². The van der Waals surface area contributed by atoms with Gasteiger partial charge in [0.15, 0.2) is 0 Å². The van der Waals surface area contributed by atoms with Gasteiger partial charge >= 0.3 is 12.1 Å². The smallest absolute Gasteiger partial charge is 0.432 e. The van der Waals surface area contributed by atoms with Crippen molar-refractivity contribution < 1.29 is 35.9 Å². The van der Waals surface area contributed by atoms with E-state index in [1.54, 1.807) is 55.5 Å². The molecule has 1 unspecified atom stereocenters. The normalized spacial score (nSPS) is 12.6. The molecule has 0 saturated heterocycles. The fraction of sp³-hybridized carbons (Fsp3) is 0.179. The number of sulfonamides is 1. The first-order valence-corrected chi connectivity index (χ1v) is 12.7. The van der Waals surface area contributed by atoms with Gasteiger partial charge in [-0.05, 0) is 36.8 Å². The van der Waals surface area contributed by atoms with Crippen molar-refractivity contribution in [1.82, 2.24) is 4.31 Å². The van der Waals surface area contributed by atoms with Crippen LogP contribution >= 0.6 is 0 Å². The molecule has 3 rings (SSSR count).